The van der Waals surface area contributed by atoms with Crippen LogP contribution in [0.1, 0.15) is 12.8 Å². The fourth-order valence-electron chi connectivity index (χ4n) is 3.12. The number of carbonyl (C=O) groups excluding carboxylic acids is 1. The van der Waals surface area contributed by atoms with Crippen LogP contribution in [0.15, 0.2) is 64.4 Å². The van der Waals surface area contributed by atoms with Crippen LogP contribution in [-0.2, 0) is 14.8 Å². The third kappa shape index (κ3) is 5.33. The molecule has 0 radical (unpaired) electrons. The van der Waals surface area contributed by atoms with E-state index < -0.39 is 15.8 Å². The molecular weight excluding hydrogens is 399 g/mol. The molecule has 1 amide bonds. The summed E-state index contributed by atoms with van der Waals surface area (Å²) in [4.78, 5) is 13.6. The van der Waals surface area contributed by atoms with Gasteiger partial charge in [0.05, 0.1) is 4.90 Å². The number of thioether (sulfide) groups is 1. The number of amides is 1. The number of nitrogens with zero attached hydrogens (tertiary/aromatic N) is 1. The first-order valence-corrected chi connectivity index (χ1v) is 11.6. The van der Waals surface area contributed by atoms with Gasteiger partial charge in [0.15, 0.2) is 0 Å². The minimum atomic E-state index is -3.65. The van der Waals surface area contributed by atoms with E-state index in [0.29, 0.717) is 19.4 Å². The molecule has 0 saturated carbocycles. The van der Waals surface area contributed by atoms with Crippen molar-refractivity contribution in [3.05, 3.63) is 60.4 Å². The van der Waals surface area contributed by atoms with Gasteiger partial charge in [-0.05, 0) is 49.2 Å². The van der Waals surface area contributed by atoms with Gasteiger partial charge in [-0.3, -0.25) is 4.79 Å². The molecular formula is C20H23FN2O3S2. The molecule has 2 aromatic rings. The van der Waals surface area contributed by atoms with E-state index in [1.54, 1.807) is 11.8 Å². The van der Waals surface area contributed by atoms with Crippen LogP contribution in [0, 0.1) is 11.7 Å². The van der Waals surface area contributed by atoms with Gasteiger partial charge in [-0.1, -0.05) is 18.2 Å². The molecule has 0 aromatic heterocycles. The second kappa shape index (κ2) is 9.54. The van der Waals surface area contributed by atoms with Crippen molar-refractivity contribution in [2.75, 3.05) is 25.4 Å². The van der Waals surface area contributed by atoms with E-state index in [-0.39, 0.29) is 29.8 Å². The van der Waals surface area contributed by atoms with Gasteiger partial charge >= 0.3 is 0 Å². The molecule has 1 fully saturated rings. The van der Waals surface area contributed by atoms with Gasteiger partial charge in [0.2, 0.25) is 15.9 Å². The van der Waals surface area contributed by atoms with Gasteiger partial charge in [0.1, 0.15) is 5.82 Å². The maximum atomic E-state index is 13.0. The molecule has 0 bridgehead atoms. The topological polar surface area (TPSA) is 66.5 Å². The molecule has 3 rings (SSSR count). The quantitative estimate of drug-likeness (QED) is 0.550. The number of nitrogens with one attached hydrogen (secondary N) is 1. The SMILES string of the molecule is O=C(NCCSc1ccccc1)C1CCN(S(=O)(=O)c2ccc(F)cc2)CC1. The normalized spacial score (nSPS) is 16.0. The van der Waals surface area contributed by atoms with Crippen LogP contribution in [0.3, 0.4) is 0 Å². The molecule has 1 saturated heterocycles. The number of hydrogen-bond acceptors (Lipinski definition) is 4. The molecule has 8 heteroatoms. The molecule has 1 heterocycles. The fraction of sp³-hybridized carbons (Fsp3) is 0.350. The molecule has 2 aromatic carbocycles. The van der Waals surface area contributed by atoms with Crippen molar-refractivity contribution in [1.82, 2.24) is 9.62 Å². The second-order valence-corrected chi connectivity index (χ2v) is 9.69. The number of hydrogen-bond donors (Lipinski definition) is 1. The van der Waals surface area contributed by atoms with Crippen molar-refractivity contribution in [1.29, 1.82) is 0 Å². The highest BCUT2D eigenvalue weighted by molar-refractivity contribution is 7.99. The molecule has 1 N–H and O–H groups in total. The highest BCUT2D eigenvalue weighted by Gasteiger charge is 2.31. The van der Waals surface area contributed by atoms with Gasteiger partial charge in [-0.15, -0.1) is 11.8 Å². The first-order chi connectivity index (χ1) is 13.5. The monoisotopic (exact) mass is 422 g/mol. The van der Waals surface area contributed by atoms with Gasteiger partial charge in [-0.25, -0.2) is 12.8 Å². The largest absolute Gasteiger partial charge is 0.355 e. The van der Waals surface area contributed by atoms with Crippen molar-refractivity contribution < 1.29 is 17.6 Å². The summed E-state index contributed by atoms with van der Waals surface area (Å²) < 4.78 is 39.6. The van der Waals surface area contributed by atoms with Crippen LogP contribution in [0.2, 0.25) is 0 Å². The first-order valence-electron chi connectivity index (χ1n) is 9.18. The number of carbonyl (C=O) groups is 1. The van der Waals surface area contributed by atoms with Gasteiger partial charge in [-0.2, -0.15) is 4.31 Å². The maximum Gasteiger partial charge on any atom is 0.243 e. The van der Waals surface area contributed by atoms with E-state index in [1.165, 1.54) is 16.4 Å². The van der Waals surface area contributed by atoms with E-state index in [0.717, 1.165) is 22.8 Å². The van der Waals surface area contributed by atoms with Crippen molar-refractivity contribution in [3.8, 4) is 0 Å². The van der Waals surface area contributed by atoms with Crippen LogP contribution in [0.4, 0.5) is 4.39 Å². The Hall–Kier alpha value is -1.90. The summed E-state index contributed by atoms with van der Waals surface area (Å²) in [6.45, 7) is 1.15. The van der Waals surface area contributed by atoms with E-state index in [1.807, 2.05) is 30.3 Å². The Bertz CT molecular complexity index is 881. The van der Waals surface area contributed by atoms with Gasteiger partial charge in [0, 0.05) is 36.2 Å². The zero-order valence-corrected chi connectivity index (χ0v) is 17.0. The van der Waals surface area contributed by atoms with Crippen molar-refractivity contribution >= 4 is 27.7 Å². The molecule has 5 nitrogen and oxygen atoms in total. The smallest absolute Gasteiger partial charge is 0.243 e. The number of halogens is 1. The lowest BCUT2D eigenvalue weighted by Gasteiger charge is -2.30. The predicted molar refractivity (Wildman–Crippen MR) is 108 cm³/mol. The van der Waals surface area contributed by atoms with Crippen LogP contribution in [0.25, 0.3) is 0 Å². The lowest BCUT2D eigenvalue weighted by atomic mass is 9.97. The summed E-state index contributed by atoms with van der Waals surface area (Å²) in [6, 6.07) is 14.8. The van der Waals surface area contributed by atoms with E-state index >= 15 is 0 Å². The minimum absolute atomic E-state index is 0.0208. The molecule has 0 aliphatic carbocycles. The lowest BCUT2D eigenvalue weighted by Crippen LogP contribution is -2.43. The number of piperidine rings is 1. The van der Waals surface area contributed by atoms with Gasteiger partial charge < -0.3 is 5.32 Å². The zero-order chi connectivity index (χ0) is 20.0. The highest BCUT2D eigenvalue weighted by atomic mass is 32.2. The standard InChI is InChI=1S/C20H23FN2O3S2/c21-17-6-8-19(9-7-17)28(25,26)23-13-10-16(11-14-23)20(24)22-12-15-27-18-4-2-1-3-5-18/h1-9,16H,10-15H2,(H,22,24). The Kier molecular flexibility index (Phi) is 7.09. The highest BCUT2D eigenvalue weighted by Crippen LogP contribution is 2.24. The van der Waals surface area contributed by atoms with Crippen LogP contribution < -0.4 is 5.32 Å². The first kappa shape index (κ1) is 20.8. The van der Waals surface area contributed by atoms with E-state index in [4.69, 9.17) is 0 Å². The molecule has 0 unspecified atom stereocenters. The summed E-state index contributed by atoms with van der Waals surface area (Å²) in [6.07, 6.45) is 0.968. The lowest BCUT2D eigenvalue weighted by molar-refractivity contribution is -0.125. The molecule has 150 valence electrons. The minimum Gasteiger partial charge on any atom is -0.355 e. The second-order valence-electron chi connectivity index (χ2n) is 6.58. The number of rotatable bonds is 7. The Morgan fingerprint density at radius 1 is 1.07 bits per heavy atom. The van der Waals surface area contributed by atoms with Crippen LogP contribution >= 0.6 is 11.8 Å². The maximum absolute atomic E-state index is 13.0. The number of sulfonamides is 1. The Morgan fingerprint density at radius 2 is 1.71 bits per heavy atom. The van der Waals surface area contributed by atoms with Crippen LogP contribution in [-0.4, -0.2) is 44.0 Å². The average Bonchev–Trinajstić information content (AvgIpc) is 2.72. The summed E-state index contributed by atoms with van der Waals surface area (Å²) in [7, 11) is -3.65. The third-order valence-electron chi connectivity index (χ3n) is 4.69. The Labute approximate surface area is 169 Å². The summed E-state index contributed by atoms with van der Waals surface area (Å²) in [5.74, 6) is 0.113. The van der Waals surface area contributed by atoms with E-state index in [9.17, 15) is 17.6 Å². The van der Waals surface area contributed by atoms with Crippen molar-refractivity contribution in [2.24, 2.45) is 5.92 Å². The fourth-order valence-corrected chi connectivity index (χ4v) is 5.38. The summed E-state index contributed by atoms with van der Waals surface area (Å²) in [5, 5.41) is 2.94. The predicted octanol–water partition coefficient (Wildman–Crippen LogP) is 3.13. The Balaban J connectivity index is 1.44. The molecule has 0 atom stereocenters. The molecule has 28 heavy (non-hydrogen) atoms. The average molecular weight is 423 g/mol. The van der Waals surface area contributed by atoms with Gasteiger partial charge in [0.25, 0.3) is 0 Å². The molecule has 1 aliphatic heterocycles. The van der Waals surface area contributed by atoms with Crippen LogP contribution in [0.5, 0.6) is 0 Å². The summed E-state index contributed by atoms with van der Waals surface area (Å²) >= 11 is 1.68. The van der Waals surface area contributed by atoms with Crippen molar-refractivity contribution in [2.45, 2.75) is 22.6 Å². The number of benzene rings is 2. The Morgan fingerprint density at radius 3 is 2.36 bits per heavy atom. The van der Waals surface area contributed by atoms with Crippen molar-refractivity contribution in [3.63, 3.8) is 0 Å². The zero-order valence-electron chi connectivity index (χ0n) is 15.4. The summed E-state index contributed by atoms with van der Waals surface area (Å²) in [5.41, 5.74) is 0. The molecule has 0 spiro atoms. The van der Waals surface area contributed by atoms with E-state index in [2.05, 4.69) is 5.32 Å². The third-order valence-corrected chi connectivity index (χ3v) is 7.62. The molecule has 1 aliphatic rings.